The van der Waals surface area contributed by atoms with Gasteiger partial charge in [0.2, 0.25) is 5.91 Å². The van der Waals surface area contributed by atoms with Gasteiger partial charge >= 0.3 is 0 Å². The molecule has 3 nitrogen and oxygen atoms in total. The molecule has 0 atom stereocenters. The van der Waals surface area contributed by atoms with Gasteiger partial charge < -0.3 is 11.1 Å². The van der Waals surface area contributed by atoms with Crippen LogP contribution in [0.15, 0.2) is 36.4 Å². The van der Waals surface area contributed by atoms with Crippen LogP contribution < -0.4 is 11.1 Å². The summed E-state index contributed by atoms with van der Waals surface area (Å²) in [6.45, 7) is 2.28. The molecule has 0 unspecified atom stereocenters. The Labute approximate surface area is 83.6 Å². The maximum Gasteiger partial charge on any atom is 0.248 e. The van der Waals surface area contributed by atoms with Crippen molar-refractivity contribution >= 4 is 11.6 Å². The maximum atomic E-state index is 11.2. The average molecular weight is 190 g/mol. The van der Waals surface area contributed by atoms with Gasteiger partial charge in [-0.15, -0.1) is 0 Å². The van der Waals surface area contributed by atoms with E-state index in [0.29, 0.717) is 6.54 Å². The van der Waals surface area contributed by atoms with Crippen LogP contribution in [0.3, 0.4) is 0 Å². The Bertz CT molecular complexity index is 345. The van der Waals surface area contributed by atoms with E-state index in [-0.39, 0.29) is 5.91 Å². The number of hydrogen-bond donors (Lipinski definition) is 2. The number of nitrogens with two attached hydrogens (primary N) is 1. The first kappa shape index (κ1) is 10.5. The molecule has 3 N–H and O–H groups in total. The summed E-state index contributed by atoms with van der Waals surface area (Å²) in [5, 5.41) is 2.74. The second-order valence-electron chi connectivity index (χ2n) is 2.89. The molecule has 1 aromatic carbocycles. The third kappa shape index (κ3) is 3.03. The minimum Gasteiger partial charge on any atom is -0.326 e. The van der Waals surface area contributed by atoms with E-state index in [1.165, 1.54) is 6.08 Å². The van der Waals surface area contributed by atoms with Crippen molar-refractivity contribution in [3.63, 3.8) is 0 Å². The van der Waals surface area contributed by atoms with Crippen LogP contribution in [0.4, 0.5) is 5.69 Å². The van der Waals surface area contributed by atoms with Gasteiger partial charge in [0.15, 0.2) is 0 Å². The van der Waals surface area contributed by atoms with Crippen LogP contribution in [-0.2, 0) is 11.3 Å². The fourth-order valence-electron chi connectivity index (χ4n) is 1.11. The number of allylic oxidation sites excluding steroid dienone is 1. The van der Waals surface area contributed by atoms with Crippen LogP contribution in [0.2, 0.25) is 0 Å². The van der Waals surface area contributed by atoms with Gasteiger partial charge in [0, 0.05) is 12.2 Å². The van der Waals surface area contributed by atoms with Crippen molar-refractivity contribution in [1.29, 1.82) is 0 Å². The number of carbonyl (C=O) groups excluding carboxylic acids is 1. The summed E-state index contributed by atoms with van der Waals surface area (Å²) in [7, 11) is 0. The zero-order valence-corrected chi connectivity index (χ0v) is 8.16. The number of nitrogens with one attached hydrogen (secondary N) is 1. The van der Waals surface area contributed by atoms with Crippen molar-refractivity contribution in [1.82, 2.24) is 0 Å². The normalized spacial score (nSPS) is 10.4. The van der Waals surface area contributed by atoms with E-state index in [9.17, 15) is 4.79 Å². The lowest BCUT2D eigenvalue weighted by atomic mass is 10.2. The SMILES string of the molecule is C/C=C/C(=O)Nc1cccc(CN)c1. The molecule has 0 aliphatic rings. The second kappa shape index (κ2) is 5.19. The fourth-order valence-corrected chi connectivity index (χ4v) is 1.11. The molecule has 1 aromatic rings. The van der Waals surface area contributed by atoms with Crippen molar-refractivity contribution in [3.05, 3.63) is 42.0 Å². The Morgan fingerprint density at radius 3 is 3.00 bits per heavy atom. The molecular weight excluding hydrogens is 176 g/mol. The molecule has 0 radical (unpaired) electrons. The highest BCUT2D eigenvalue weighted by molar-refractivity contribution is 5.99. The quantitative estimate of drug-likeness (QED) is 0.712. The van der Waals surface area contributed by atoms with Crippen LogP contribution in [0.1, 0.15) is 12.5 Å². The van der Waals surface area contributed by atoms with Crippen LogP contribution in [0.5, 0.6) is 0 Å². The summed E-state index contributed by atoms with van der Waals surface area (Å²) in [6.07, 6.45) is 3.18. The Hall–Kier alpha value is -1.61. The Morgan fingerprint density at radius 1 is 1.57 bits per heavy atom. The predicted molar refractivity (Wildman–Crippen MR) is 57.8 cm³/mol. The summed E-state index contributed by atoms with van der Waals surface area (Å²) in [6, 6.07) is 7.49. The lowest BCUT2D eigenvalue weighted by Crippen LogP contribution is -2.08. The third-order valence-electron chi connectivity index (χ3n) is 1.75. The molecular formula is C11H14N2O. The number of amides is 1. The average Bonchev–Trinajstić information content (AvgIpc) is 2.18. The molecule has 0 saturated heterocycles. The lowest BCUT2D eigenvalue weighted by Gasteiger charge is -2.03. The van der Waals surface area contributed by atoms with Crippen molar-refractivity contribution in [2.75, 3.05) is 5.32 Å². The molecule has 74 valence electrons. The van der Waals surface area contributed by atoms with E-state index in [1.807, 2.05) is 24.3 Å². The van der Waals surface area contributed by atoms with Gasteiger partial charge in [-0.1, -0.05) is 18.2 Å². The maximum absolute atomic E-state index is 11.2. The number of anilines is 1. The predicted octanol–water partition coefficient (Wildman–Crippen LogP) is 1.66. The van der Waals surface area contributed by atoms with Crippen LogP contribution >= 0.6 is 0 Å². The summed E-state index contributed by atoms with van der Waals surface area (Å²) < 4.78 is 0. The number of hydrogen-bond acceptors (Lipinski definition) is 2. The molecule has 1 amide bonds. The summed E-state index contributed by atoms with van der Waals surface area (Å²) in [4.78, 5) is 11.2. The standard InChI is InChI=1S/C11H14N2O/c1-2-4-11(14)13-10-6-3-5-9(7-10)8-12/h2-7H,8,12H2,1H3,(H,13,14)/b4-2+. The third-order valence-corrected chi connectivity index (χ3v) is 1.75. The zero-order chi connectivity index (χ0) is 10.4. The Kier molecular flexibility index (Phi) is 3.88. The largest absolute Gasteiger partial charge is 0.326 e. The van der Waals surface area contributed by atoms with Gasteiger partial charge in [0.25, 0.3) is 0 Å². The van der Waals surface area contributed by atoms with Gasteiger partial charge in [-0.25, -0.2) is 0 Å². The lowest BCUT2D eigenvalue weighted by molar-refractivity contribution is -0.111. The molecule has 0 heterocycles. The first-order chi connectivity index (χ1) is 6.76. The fraction of sp³-hybridized carbons (Fsp3) is 0.182. The topological polar surface area (TPSA) is 55.1 Å². The molecule has 0 bridgehead atoms. The van der Waals surface area contributed by atoms with Gasteiger partial charge in [-0.05, 0) is 30.7 Å². The zero-order valence-electron chi connectivity index (χ0n) is 8.16. The van der Waals surface area contributed by atoms with Crippen molar-refractivity contribution in [2.24, 2.45) is 5.73 Å². The second-order valence-corrected chi connectivity index (χ2v) is 2.89. The molecule has 0 saturated carbocycles. The van der Waals surface area contributed by atoms with Gasteiger partial charge in [0.1, 0.15) is 0 Å². The molecule has 0 aliphatic carbocycles. The number of carbonyl (C=O) groups is 1. The van der Waals surface area contributed by atoms with Crippen LogP contribution in [0, 0.1) is 0 Å². The van der Waals surface area contributed by atoms with E-state index in [1.54, 1.807) is 13.0 Å². The highest BCUT2D eigenvalue weighted by atomic mass is 16.1. The smallest absolute Gasteiger partial charge is 0.248 e. The molecule has 0 spiro atoms. The number of benzene rings is 1. The summed E-state index contributed by atoms with van der Waals surface area (Å²) in [5.74, 6) is -0.123. The highest BCUT2D eigenvalue weighted by Gasteiger charge is 1.97. The molecule has 14 heavy (non-hydrogen) atoms. The Balaban J connectivity index is 2.71. The first-order valence-electron chi connectivity index (χ1n) is 4.49. The molecule has 0 fully saturated rings. The minimum atomic E-state index is -0.123. The Morgan fingerprint density at radius 2 is 2.36 bits per heavy atom. The van der Waals surface area contributed by atoms with E-state index in [2.05, 4.69) is 5.32 Å². The molecule has 0 aliphatic heterocycles. The van der Waals surface area contributed by atoms with Crippen LogP contribution in [-0.4, -0.2) is 5.91 Å². The summed E-state index contributed by atoms with van der Waals surface area (Å²) in [5.41, 5.74) is 7.26. The van der Waals surface area contributed by atoms with E-state index < -0.39 is 0 Å². The van der Waals surface area contributed by atoms with Gasteiger partial charge in [-0.3, -0.25) is 4.79 Å². The van der Waals surface area contributed by atoms with Gasteiger partial charge in [-0.2, -0.15) is 0 Å². The van der Waals surface area contributed by atoms with Crippen LogP contribution in [0.25, 0.3) is 0 Å². The molecule has 3 heteroatoms. The van der Waals surface area contributed by atoms with Gasteiger partial charge in [0.05, 0.1) is 0 Å². The summed E-state index contributed by atoms with van der Waals surface area (Å²) >= 11 is 0. The molecule has 0 aromatic heterocycles. The number of rotatable bonds is 3. The minimum absolute atomic E-state index is 0.123. The van der Waals surface area contributed by atoms with Crippen molar-refractivity contribution < 1.29 is 4.79 Å². The van der Waals surface area contributed by atoms with Crippen molar-refractivity contribution in [3.8, 4) is 0 Å². The van der Waals surface area contributed by atoms with E-state index in [4.69, 9.17) is 5.73 Å². The van der Waals surface area contributed by atoms with E-state index >= 15 is 0 Å². The molecule has 1 rings (SSSR count). The monoisotopic (exact) mass is 190 g/mol. The van der Waals surface area contributed by atoms with E-state index in [0.717, 1.165) is 11.3 Å². The highest BCUT2D eigenvalue weighted by Crippen LogP contribution is 2.09. The first-order valence-corrected chi connectivity index (χ1v) is 4.49. The van der Waals surface area contributed by atoms with Crippen molar-refractivity contribution in [2.45, 2.75) is 13.5 Å².